The highest BCUT2D eigenvalue weighted by Crippen LogP contribution is 2.04. The van der Waals surface area contributed by atoms with Gasteiger partial charge < -0.3 is 15.2 Å². The van der Waals surface area contributed by atoms with Gasteiger partial charge in [-0.1, -0.05) is 13.8 Å². The summed E-state index contributed by atoms with van der Waals surface area (Å²) in [6, 6.07) is 1.09. The topological polar surface area (TPSA) is 57.5 Å². The van der Waals surface area contributed by atoms with Crippen LogP contribution in [0.5, 0.6) is 0 Å². The van der Waals surface area contributed by atoms with Gasteiger partial charge in [-0.05, 0) is 33.6 Å². The molecule has 1 aromatic rings. The van der Waals surface area contributed by atoms with E-state index in [9.17, 15) is 0 Å². The van der Waals surface area contributed by atoms with Crippen LogP contribution >= 0.6 is 0 Å². The summed E-state index contributed by atoms with van der Waals surface area (Å²) in [5, 5.41) is 6.75. The van der Waals surface area contributed by atoms with Gasteiger partial charge in [0.25, 0.3) is 0 Å². The lowest BCUT2D eigenvalue weighted by Gasteiger charge is -2.30. The Bertz CT molecular complexity index is 481. The Morgan fingerprint density at radius 2 is 1.83 bits per heavy atom. The third-order valence-corrected chi connectivity index (χ3v) is 3.99. The van der Waals surface area contributed by atoms with Crippen LogP contribution in [0.1, 0.15) is 47.4 Å². The Kier molecular flexibility index (Phi) is 8.82. The molecule has 138 valence electrons. The van der Waals surface area contributed by atoms with Crippen molar-refractivity contribution in [3.8, 4) is 0 Å². The number of nitrogens with one attached hydrogen (secondary N) is 2. The average molecular weight is 337 g/mol. The van der Waals surface area contributed by atoms with Crippen LogP contribution in [0.15, 0.2) is 17.4 Å². The van der Waals surface area contributed by atoms with Gasteiger partial charge in [-0.3, -0.25) is 9.89 Å². The maximum Gasteiger partial charge on any atom is 0.191 e. The first kappa shape index (κ1) is 20.5. The van der Waals surface area contributed by atoms with Crippen LogP contribution < -0.4 is 10.6 Å². The van der Waals surface area contributed by atoms with E-state index in [4.69, 9.17) is 0 Å². The summed E-state index contributed by atoms with van der Waals surface area (Å²) in [5.41, 5.74) is 0. The molecule has 1 aromatic heterocycles. The molecular weight excluding hydrogens is 300 g/mol. The maximum atomic E-state index is 4.44. The lowest BCUT2D eigenvalue weighted by atomic mass is 10.2. The van der Waals surface area contributed by atoms with E-state index in [1.54, 1.807) is 7.05 Å². The van der Waals surface area contributed by atoms with Gasteiger partial charge in [-0.2, -0.15) is 0 Å². The third-order valence-electron chi connectivity index (χ3n) is 3.99. The Labute approximate surface area is 147 Å². The number of hydrogen-bond acceptors (Lipinski definition) is 3. The molecule has 0 atom stereocenters. The van der Waals surface area contributed by atoms with E-state index in [0.29, 0.717) is 24.5 Å². The molecule has 0 unspecified atom stereocenters. The molecule has 0 aliphatic carbocycles. The SMILES string of the molecule is CN=C(NCCN(C(C)C)C(C)C)NCc1nccn1CC(C)C. The molecule has 1 rings (SSSR count). The van der Waals surface area contributed by atoms with Crippen molar-refractivity contribution < 1.29 is 0 Å². The molecule has 0 aliphatic rings. The summed E-state index contributed by atoms with van der Waals surface area (Å²) in [6.45, 7) is 16.9. The van der Waals surface area contributed by atoms with Gasteiger partial charge in [0, 0.05) is 51.2 Å². The fraction of sp³-hybridized carbons (Fsp3) is 0.778. The molecule has 0 bridgehead atoms. The molecule has 0 amide bonds. The van der Waals surface area contributed by atoms with Crippen LogP contribution in [-0.2, 0) is 13.1 Å². The second-order valence-electron chi connectivity index (χ2n) is 7.17. The first-order chi connectivity index (χ1) is 11.3. The van der Waals surface area contributed by atoms with E-state index < -0.39 is 0 Å². The van der Waals surface area contributed by atoms with Crippen molar-refractivity contribution in [3.63, 3.8) is 0 Å². The average Bonchev–Trinajstić information content (AvgIpc) is 2.92. The van der Waals surface area contributed by atoms with Gasteiger partial charge in [0.1, 0.15) is 5.82 Å². The van der Waals surface area contributed by atoms with Crippen molar-refractivity contribution in [2.45, 2.75) is 66.7 Å². The minimum atomic E-state index is 0.547. The number of nitrogens with zero attached hydrogens (tertiary/aromatic N) is 4. The largest absolute Gasteiger partial charge is 0.355 e. The minimum absolute atomic E-state index is 0.547. The molecule has 0 radical (unpaired) electrons. The standard InChI is InChI=1S/C18H36N6/c1-14(2)13-23-10-8-20-17(23)12-22-18(19-7)21-9-11-24(15(3)4)16(5)6/h8,10,14-16H,9,11-13H2,1-7H3,(H2,19,21,22). The van der Waals surface area contributed by atoms with Gasteiger partial charge in [0.15, 0.2) is 5.96 Å². The van der Waals surface area contributed by atoms with E-state index in [2.05, 4.69) is 71.6 Å². The Morgan fingerprint density at radius 1 is 1.17 bits per heavy atom. The second kappa shape index (κ2) is 10.3. The van der Waals surface area contributed by atoms with Crippen molar-refractivity contribution in [2.24, 2.45) is 10.9 Å². The van der Waals surface area contributed by atoms with Crippen LogP contribution in [0, 0.1) is 5.92 Å². The number of aromatic nitrogens is 2. The lowest BCUT2D eigenvalue weighted by molar-refractivity contribution is 0.178. The molecule has 2 N–H and O–H groups in total. The van der Waals surface area contributed by atoms with Gasteiger partial charge in [0.2, 0.25) is 0 Å². The molecule has 0 fully saturated rings. The number of guanidine groups is 1. The number of aliphatic imine (C=N–C) groups is 1. The lowest BCUT2D eigenvalue weighted by Crippen LogP contribution is -2.45. The van der Waals surface area contributed by atoms with E-state index >= 15 is 0 Å². The molecule has 0 aliphatic heterocycles. The van der Waals surface area contributed by atoms with E-state index in [-0.39, 0.29) is 0 Å². The van der Waals surface area contributed by atoms with Crippen molar-refractivity contribution in [2.75, 3.05) is 20.1 Å². The molecule has 1 heterocycles. The van der Waals surface area contributed by atoms with Crippen LogP contribution in [0.3, 0.4) is 0 Å². The fourth-order valence-electron chi connectivity index (χ4n) is 2.87. The third kappa shape index (κ3) is 6.91. The van der Waals surface area contributed by atoms with E-state index in [1.165, 1.54) is 0 Å². The second-order valence-corrected chi connectivity index (χ2v) is 7.17. The monoisotopic (exact) mass is 336 g/mol. The first-order valence-electron chi connectivity index (χ1n) is 9.05. The van der Waals surface area contributed by atoms with Crippen LogP contribution in [0.2, 0.25) is 0 Å². The summed E-state index contributed by atoms with van der Waals surface area (Å²) < 4.78 is 2.20. The predicted molar refractivity (Wildman–Crippen MR) is 102 cm³/mol. The van der Waals surface area contributed by atoms with Gasteiger partial charge in [0.05, 0.1) is 6.54 Å². The summed E-state index contributed by atoms with van der Waals surface area (Å²) in [4.78, 5) is 11.2. The molecule has 0 saturated carbocycles. The minimum Gasteiger partial charge on any atom is -0.355 e. The smallest absolute Gasteiger partial charge is 0.191 e. The summed E-state index contributed by atoms with van der Waals surface area (Å²) >= 11 is 0. The summed E-state index contributed by atoms with van der Waals surface area (Å²) in [5.74, 6) is 2.47. The molecule has 0 saturated heterocycles. The van der Waals surface area contributed by atoms with E-state index in [0.717, 1.165) is 31.4 Å². The van der Waals surface area contributed by atoms with Crippen molar-refractivity contribution in [1.29, 1.82) is 0 Å². The fourth-order valence-corrected chi connectivity index (χ4v) is 2.87. The molecule has 6 nitrogen and oxygen atoms in total. The number of hydrogen-bond donors (Lipinski definition) is 2. The molecule has 0 spiro atoms. The molecular formula is C18H36N6. The number of imidazole rings is 1. The van der Waals surface area contributed by atoms with Crippen molar-refractivity contribution in [3.05, 3.63) is 18.2 Å². The zero-order chi connectivity index (χ0) is 18.1. The van der Waals surface area contributed by atoms with Gasteiger partial charge in [-0.15, -0.1) is 0 Å². The Balaban J connectivity index is 2.45. The van der Waals surface area contributed by atoms with Crippen LogP contribution in [-0.4, -0.2) is 52.6 Å². The zero-order valence-electron chi connectivity index (χ0n) is 16.5. The number of rotatable bonds is 9. The quantitative estimate of drug-likeness (QED) is 0.537. The summed E-state index contributed by atoms with van der Waals surface area (Å²) in [7, 11) is 1.80. The maximum absolute atomic E-state index is 4.44. The normalized spacial score (nSPS) is 12.7. The zero-order valence-corrected chi connectivity index (χ0v) is 16.5. The summed E-state index contributed by atoms with van der Waals surface area (Å²) in [6.07, 6.45) is 3.90. The van der Waals surface area contributed by atoms with Crippen molar-refractivity contribution >= 4 is 5.96 Å². The molecule has 0 aromatic carbocycles. The molecule has 24 heavy (non-hydrogen) atoms. The van der Waals surface area contributed by atoms with Crippen LogP contribution in [0.25, 0.3) is 0 Å². The highest BCUT2D eigenvalue weighted by molar-refractivity contribution is 5.79. The van der Waals surface area contributed by atoms with Crippen molar-refractivity contribution in [1.82, 2.24) is 25.1 Å². The Morgan fingerprint density at radius 3 is 2.38 bits per heavy atom. The van der Waals surface area contributed by atoms with E-state index in [1.807, 2.05) is 12.4 Å². The molecule has 6 heteroatoms. The van der Waals surface area contributed by atoms with Gasteiger partial charge in [-0.25, -0.2) is 4.98 Å². The first-order valence-corrected chi connectivity index (χ1v) is 9.05. The predicted octanol–water partition coefficient (Wildman–Crippen LogP) is 2.32. The van der Waals surface area contributed by atoms with Gasteiger partial charge >= 0.3 is 0 Å². The highest BCUT2D eigenvalue weighted by Gasteiger charge is 2.13. The highest BCUT2D eigenvalue weighted by atomic mass is 15.2. The Hall–Kier alpha value is -1.56. The van der Waals surface area contributed by atoms with Crippen LogP contribution in [0.4, 0.5) is 0 Å².